The van der Waals surface area contributed by atoms with Crippen LogP contribution in [0.5, 0.6) is 0 Å². The largest absolute Gasteiger partial charge is 0.344 e. The van der Waals surface area contributed by atoms with Crippen molar-refractivity contribution in [3.05, 3.63) is 47.0 Å². The van der Waals surface area contributed by atoms with Gasteiger partial charge in [-0.2, -0.15) is 5.10 Å². The van der Waals surface area contributed by atoms with Crippen LogP contribution in [0.1, 0.15) is 41.5 Å². The van der Waals surface area contributed by atoms with Crippen molar-refractivity contribution >= 4 is 15.7 Å². The molecule has 1 atom stereocenters. The Morgan fingerprint density at radius 3 is 2.65 bits per heavy atom. The minimum atomic E-state index is -3.11. The third kappa shape index (κ3) is 3.02. The standard InChI is InChI=1S/C18H20FN3O3S/c1-18(9-10-26(24,25)11-18)20-17(23)16-14-3-2-4-15(14)22(21-16)13-7-5-12(19)6-8-13/h5-8H,2-4,9-11H2,1H3,(H,20,23)/t18-/m1/s1. The average Bonchev–Trinajstić information content (AvgIpc) is 3.22. The van der Waals surface area contributed by atoms with Gasteiger partial charge in [0, 0.05) is 11.3 Å². The molecule has 1 saturated heterocycles. The SMILES string of the molecule is C[C@@]1(NC(=O)c2nn(-c3ccc(F)cc3)c3c2CCC3)CCS(=O)(=O)C1. The first kappa shape index (κ1) is 17.2. The van der Waals surface area contributed by atoms with E-state index in [1.54, 1.807) is 23.7 Å². The van der Waals surface area contributed by atoms with Gasteiger partial charge in [0.15, 0.2) is 15.5 Å². The molecule has 26 heavy (non-hydrogen) atoms. The van der Waals surface area contributed by atoms with Crippen molar-refractivity contribution in [3.63, 3.8) is 0 Å². The number of benzene rings is 1. The second-order valence-corrected chi connectivity index (χ2v) is 9.56. The number of sulfone groups is 1. The molecule has 0 saturated carbocycles. The van der Waals surface area contributed by atoms with Crippen LogP contribution < -0.4 is 5.32 Å². The third-order valence-electron chi connectivity index (χ3n) is 5.14. The molecule has 1 aliphatic heterocycles. The average molecular weight is 377 g/mol. The van der Waals surface area contributed by atoms with E-state index in [2.05, 4.69) is 10.4 Å². The number of carbonyl (C=O) groups is 1. The van der Waals surface area contributed by atoms with Gasteiger partial charge >= 0.3 is 0 Å². The van der Waals surface area contributed by atoms with Crippen LogP contribution in [0.15, 0.2) is 24.3 Å². The summed E-state index contributed by atoms with van der Waals surface area (Å²) in [6.07, 6.45) is 2.90. The van der Waals surface area contributed by atoms with Crippen LogP contribution in [0, 0.1) is 5.82 Å². The second-order valence-electron chi connectivity index (χ2n) is 7.37. The molecule has 2 aromatic rings. The van der Waals surface area contributed by atoms with Gasteiger partial charge in [0.25, 0.3) is 5.91 Å². The Morgan fingerprint density at radius 2 is 2.00 bits per heavy atom. The molecule has 4 rings (SSSR count). The van der Waals surface area contributed by atoms with Gasteiger partial charge < -0.3 is 5.32 Å². The number of carbonyl (C=O) groups excluding carboxylic acids is 1. The monoisotopic (exact) mass is 377 g/mol. The summed E-state index contributed by atoms with van der Waals surface area (Å²) in [7, 11) is -3.11. The van der Waals surface area contributed by atoms with E-state index in [4.69, 9.17) is 0 Å². The van der Waals surface area contributed by atoms with Crippen molar-refractivity contribution in [1.82, 2.24) is 15.1 Å². The van der Waals surface area contributed by atoms with E-state index < -0.39 is 15.4 Å². The molecule has 6 nitrogen and oxygen atoms in total. The van der Waals surface area contributed by atoms with Gasteiger partial charge in [0.2, 0.25) is 0 Å². The molecule has 1 N–H and O–H groups in total. The lowest BCUT2D eigenvalue weighted by atomic mass is 10.0. The summed E-state index contributed by atoms with van der Waals surface area (Å²) in [5, 5.41) is 7.35. The first-order chi connectivity index (χ1) is 12.3. The van der Waals surface area contributed by atoms with Crippen LogP contribution in [0.2, 0.25) is 0 Å². The van der Waals surface area contributed by atoms with Gasteiger partial charge in [-0.25, -0.2) is 17.5 Å². The minimum absolute atomic E-state index is 0.0490. The molecule has 8 heteroatoms. The summed E-state index contributed by atoms with van der Waals surface area (Å²) in [6, 6.07) is 5.99. The molecular formula is C18H20FN3O3S. The number of aromatic nitrogens is 2. The Hall–Kier alpha value is -2.22. The van der Waals surface area contributed by atoms with Gasteiger partial charge in [-0.1, -0.05) is 0 Å². The fourth-order valence-corrected chi connectivity index (χ4v) is 5.95. The summed E-state index contributed by atoms with van der Waals surface area (Å²) < 4.78 is 38.4. The van der Waals surface area contributed by atoms with Crippen molar-refractivity contribution in [3.8, 4) is 5.69 Å². The molecule has 2 aliphatic rings. The number of amides is 1. The zero-order chi connectivity index (χ0) is 18.5. The van der Waals surface area contributed by atoms with Gasteiger partial charge in [0.05, 0.1) is 22.7 Å². The molecular weight excluding hydrogens is 357 g/mol. The number of nitrogens with zero attached hydrogens (tertiary/aromatic N) is 2. The topological polar surface area (TPSA) is 81.1 Å². The maximum atomic E-state index is 13.2. The van der Waals surface area contributed by atoms with Crippen LogP contribution in [-0.2, 0) is 22.7 Å². The smallest absolute Gasteiger partial charge is 0.272 e. The highest BCUT2D eigenvalue weighted by molar-refractivity contribution is 7.91. The maximum absolute atomic E-state index is 13.2. The lowest BCUT2D eigenvalue weighted by Crippen LogP contribution is -2.47. The van der Waals surface area contributed by atoms with Crippen LogP contribution >= 0.6 is 0 Å². The highest BCUT2D eigenvalue weighted by atomic mass is 32.2. The number of fused-ring (bicyclic) bond motifs is 1. The molecule has 0 radical (unpaired) electrons. The van der Waals surface area contributed by atoms with Gasteiger partial charge in [-0.05, 0) is 56.9 Å². The summed E-state index contributed by atoms with van der Waals surface area (Å²) in [5.41, 5.74) is 2.15. The Bertz CT molecular complexity index is 982. The van der Waals surface area contributed by atoms with Crippen LogP contribution in [-0.4, -0.2) is 41.2 Å². The van der Waals surface area contributed by atoms with E-state index in [0.717, 1.165) is 30.5 Å². The van der Waals surface area contributed by atoms with E-state index in [0.29, 0.717) is 17.8 Å². The number of hydrogen-bond acceptors (Lipinski definition) is 4. The number of halogens is 1. The summed E-state index contributed by atoms with van der Waals surface area (Å²) in [5.74, 6) is -0.632. The normalized spacial score (nSPS) is 23.8. The van der Waals surface area contributed by atoms with E-state index in [-0.39, 0.29) is 23.2 Å². The van der Waals surface area contributed by atoms with Crippen molar-refractivity contribution in [2.75, 3.05) is 11.5 Å². The predicted octanol–water partition coefficient (Wildman–Crippen LogP) is 1.81. The molecule has 1 amide bonds. The van der Waals surface area contributed by atoms with Crippen LogP contribution in [0.25, 0.3) is 5.69 Å². The lowest BCUT2D eigenvalue weighted by Gasteiger charge is -2.23. The van der Waals surface area contributed by atoms with Gasteiger partial charge in [0.1, 0.15) is 5.82 Å². The molecule has 138 valence electrons. The summed E-state index contributed by atoms with van der Waals surface area (Å²) in [6.45, 7) is 1.76. The maximum Gasteiger partial charge on any atom is 0.272 e. The zero-order valence-corrected chi connectivity index (χ0v) is 15.3. The first-order valence-electron chi connectivity index (χ1n) is 8.66. The van der Waals surface area contributed by atoms with Crippen LogP contribution in [0.3, 0.4) is 0 Å². The molecule has 0 bridgehead atoms. The van der Waals surface area contributed by atoms with Crippen LogP contribution in [0.4, 0.5) is 4.39 Å². The Morgan fingerprint density at radius 1 is 1.27 bits per heavy atom. The van der Waals surface area contributed by atoms with E-state index >= 15 is 0 Å². The van der Waals surface area contributed by atoms with Crippen molar-refractivity contribution in [2.24, 2.45) is 0 Å². The predicted molar refractivity (Wildman–Crippen MR) is 94.7 cm³/mol. The molecule has 0 spiro atoms. The fourth-order valence-electron chi connectivity index (χ4n) is 3.86. The van der Waals surface area contributed by atoms with Crippen molar-refractivity contribution < 1.29 is 17.6 Å². The Kier molecular flexibility index (Phi) is 3.91. The molecule has 1 aromatic heterocycles. The molecule has 2 heterocycles. The highest BCUT2D eigenvalue weighted by Crippen LogP contribution is 2.29. The number of hydrogen-bond donors (Lipinski definition) is 1. The molecule has 1 aromatic carbocycles. The number of nitrogens with one attached hydrogen (secondary N) is 1. The summed E-state index contributed by atoms with van der Waals surface area (Å²) in [4.78, 5) is 12.8. The third-order valence-corrected chi connectivity index (χ3v) is 7.04. The zero-order valence-electron chi connectivity index (χ0n) is 14.5. The molecule has 1 aliphatic carbocycles. The summed E-state index contributed by atoms with van der Waals surface area (Å²) >= 11 is 0. The lowest BCUT2D eigenvalue weighted by molar-refractivity contribution is 0.0909. The van der Waals surface area contributed by atoms with E-state index in [1.807, 2.05) is 0 Å². The quantitative estimate of drug-likeness (QED) is 0.885. The fraction of sp³-hybridized carbons (Fsp3) is 0.444. The van der Waals surface area contributed by atoms with Gasteiger partial charge in [-0.15, -0.1) is 0 Å². The van der Waals surface area contributed by atoms with E-state index in [1.165, 1.54) is 12.1 Å². The Labute approximate surface area is 151 Å². The van der Waals surface area contributed by atoms with Gasteiger partial charge in [-0.3, -0.25) is 4.79 Å². The minimum Gasteiger partial charge on any atom is -0.344 e. The highest BCUT2D eigenvalue weighted by Gasteiger charge is 2.40. The Balaban J connectivity index is 1.66. The van der Waals surface area contributed by atoms with Crippen molar-refractivity contribution in [1.29, 1.82) is 0 Å². The first-order valence-corrected chi connectivity index (χ1v) is 10.5. The molecule has 0 unspecified atom stereocenters. The van der Waals surface area contributed by atoms with E-state index in [9.17, 15) is 17.6 Å². The second kappa shape index (κ2) is 5.90. The van der Waals surface area contributed by atoms with Crippen molar-refractivity contribution in [2.45, 2.75) is 38.1 Å². The molecule has 1 fully saturated rings. The number of rotatable bonds is 3.